The van der Waals surface area contributed by atoms with Crippen molar-refractivity contribution in [1.82, 2.24) is 0 Å². The highest BCUT2D eigenvalue weighted by molar-refractivity contribution is 7.81. The van der Waals surface area contributed by atoms with E-state index >= 15 is 0 Å². The fraction of sp³-hybridized carbons (Fsp3) is 1.00. The third-order valence-electron chi connectivity index (χ3n) is 8.61. The summed E-state index contributed by atoms with van der Waals surface area (Å²) in [4.78, 5) is 0. The van der Waals surface area contributed by atoms with Gasteiger partial charge in [0.25, 0.3) is 0 Å². The van der Waals surface area contributed by atoms with Crippen molar-refractivity contribution in [1.29, 1.82) is 0 Å². The van der Waals surface area contributed by atoms with Crippen LogP contribution in [0, 0.1) is 0 Å². The first-order chi connectivity index (χ1) is 24.6. The van der Waals surface area contributed by atoms with Crippen LogP contribution < -0.4 is 0 Å². The predicted molar refractivity (Wildman–Crippen MR) is 155 cm³/mol. The number of hydrogen-bond donors (Lipinski definition) is 14. The van der Waals surface area contributed by atoms with E-state index in [9.17, 15) is 78.1 Å². The molecule has 312 valence electrons. The van der Waals surface area contributed by atoms with E-state index in [0.717, 1.165) is 0 Å². The summed E-state index contributed by atoms with van der Waals surface area (Å²) in [5, 5.41) is 125. The normalized spacial score (nSPS) is 47.4. The van der Waals surface area contributed by atoms with Crippen LogP contribution in [0.3, 0.4) is 0 Å². The Bertz CT molecular complexity index is 1390. The average Bonchev–Trinajstić information content (AvgIpc) is 3.08. The summed E-state index contributed by atoms with van der Waals surface area (Å²) in [6.45, 7) is -4.33. The zero-order valence-electron chi connectivity index (χ0n) is 26.8. The van der Waals surface area contributed by atoms with Gasteiger partial charge in [-0.2, -0.15) is 16.8 Å². The third-order valence-corrected chi connectivity index (χ3v) is 9.48. The van der Waals surface area contributed by atoms with Crippen LogP contribution in [0.15, 0.2) is 0 Å². The second kappa shape index (κ2) is 18.1. The van der Waals surface area contributed by atoms with Gasteiger partial charge in [0.05, 0.1) is 26.4 Å². The minimum atomic E-state index is -5.25. The van der Waals surface area contributed by atoms with Crippen LogP contribution >= 0.6 is 0 Å². The molecule has 29 heteroatoms. The van der Waals surface area contributed by atoms with Crippen LogP contribution in [0.2, 0.25) is 0 Å². The molecular weight excluding hydrogens is 784 g/mol. The summed E-state index contributed by atoms with van der Waals surface area (Å²) in [7, 11) is -10.3. The number of aliphatic hydroxyl groups is 12. The molecule has 0 aliphatic carbocycles. The lowest BCUT2D eigenvalue weighted by Crippen LogP contribution is -2.67. The summed E-state index contributed by atoms with van der Waals surface area (Å²) >= 11 is 0. The molecule has 4 saturated heterocycles. The Hall–Kier alpha value is -1.02. The zero-order chi connectivity index (χ0) is 39.7. The second-order valence-corrected chi connectivity index (χ2v) is 14.4. The van der Waals surface area contributed by atoms with Crippen molar-refractivity contribution in [2.24, 2.45) is 0 Å². The van der Waals surface area contributed by atoms with Gasteiger partial charge in [-0.3, -0.25) is 9.11 Å². The fourth-order valence-electron chi connectivity index (χ4n) is 5.81. The maximum atomic E-state index is 11.4. The molecule has 4 rings (SSSR count). The molecule has 4 aliphatic rings. The lowest BCUT2D eigenvalue weighted by Gasteiger charge is -2.49. The Kier molecular flexibility index (Phi) is 15.2. The van der Waals surface area contributed by atoms with Crippen LogP contribution in [0.4, 0.5) is 0 Å². The molecule has 14 N–H and O–H groups in total. The van der Waals surface area contributed by atoms with E-state index in [2.05, 4.69) is 8.37 Å². The van der Waals surface area contributed by atoms with Gasteiger partial charge in [-0.25, -0.2) is 8.37 Å². The standard InChI is InChI=1S/C24H42O27S2/c25-1-5-10(28)19(16(34)21(36)45-5)50-23-15(33)13(31)18(8(48-23)4-44-53(40,41)42)49-24-17(35)20(11(29)6(2-26)46-24)51-22-14(32)12(30)9(27)7(47-22)3-43-52(37,38)39/h5-36H,1-4H2,(H,37,38,39)(H,40,41,42)/t5-,6-,7+,8+,9-,10+,11+,12-,13+,14+,15+,16-,17-,18-,19+,20+,21+,22+,23+,24+/m1/s1. The molecule has 0 bridgehead atoms. The molecule has 20 atom stereocenters. The third kappa shape index (κ3) is 10.7. The zero-order valence-corrected chi connectivity index (χ0v) is 28.4. The van der Waals surface area contributed by atoms with E-state index in [1.807, 2.05) is 0 Å². The Morgan fingerprint density at radius 1 is 0.415 bits per heavy atom. The Balaban J connectivity index is 1.56. The van der Waals surface area contributed by atoms with E-state index in [1.165, 1.54) is 0 Å². The summed E-state index contributed by atoms with van der Waals surface area (Å²) < 4.78 is 109. The Morgan fingerprint density at radius 3 is 1.32 bits per heavy atom. The molecule has 0 aromatic heterocycles. The first-order valence-corrected chi connectivity index (χ1v) is 18.2. The van der Waals surface area contributed by atoms with Gasteiger partial charge in [0.1, 0.15) is 97.7 Å². The first-order valence-electron chi connectivity index (χ1n) is 15.4. The number of ether oxygens (including phenoxy) is 7. The molecule has 4 aliphatic heterocycles. The lowest BCUT2D eigenvalue weighted by molar-refractivity contribution is -0.388. The molecule has 0 spiro atoms. The van der Waals surface area contributed by atoms with Gasteiger partial charge in [-0.1, -0.05) is 0 Å². The molecule has 4 heterocycles. The van der Waals surface area contributed by atoms with Crippen molar-refractivity contribution >= 4 is 20.8 Å². The van der Waals surface area contributed by atoms with Gasteiger partial charge < -0.3 is 94.4 Å². The van der Waals surface area contributed by atoms with Crippen molar-refractivity contribution in [3.05, 3.63) is 0 Å². The van der Waals surface area contributed by atoms with Gasteiger partial charge in [-0.15, -0.1) is 0 Å². The fourth-order valence-corrected chi connectivity index (χ4v) is 6.42. The highest BCUT2D eigenvalue weighted by atomic mass is 32.3. The van der Waals surface area contributed by atoms with Gasteiger partial charge in [0, 0.05) is 0 Å². The van der Waals surface area contributed by atoms with Crippen molar-refractivity contribution in [2.75, 3.05) is 26.4 Å². The van der Waals surface area contributed by atoms with E-state index in [0.29, 0.717) is 0 Å². The number of rotatable bonds is 14. The van der Waals surface area contributed by atoms with Crippen LogP contribution in [0.25, 0.3) is 0 Å². The second-order valence-electron chi connectivity index (χ2n) is 12.2. The molecule has 0 amide bonds. The average molecular weight is 827 g/mol. The van der Waals surface area contributed by atoms with Crippen molar-refractivity contribution in [3.8, 4) is 0 Å². The highest BCUT2D eigenvalue weighted by Gasteiger charge is 2.55. The van der Waals surface area contributed by atoms with E-state index in [-0.39, 0.29) is 0 Å². The highest BCUT2D eigenvalue weighted by Crippen LogP contribution is 2.34. The van der Waals surface area contributed by atoms with Gasteiger partial charge in [0.2, 0.25) is 0 Å². The van der Waals surface area contributed by atoms with Crippen LogP contribution in [-0.2, 0) is 62.3 Å². The predicted octanol–water partition coefficient (Wildman–Crippen LogP) is -10.1. The minimum absolute atomic E-state index is 0.891. The lowest BCUT2D eigenvalue weighted by atomic mass is 9.95. The monoisotopic (exact) mass is 826 g/mol. The van der Waals surface area contributed by atoms with Gasteiger partial charge in [-0.05, 0) is 0 Å². The molecule has 4 fully saturated rings. The molecule has 0 aromatic carbocycles. The Labute approximate surface area is 298 Å². The number of aliphatic hydroxyl groups excluding tert-OH is 12. The molecular formula is C24H42O27S2. The summed E-state index contributed by atoms with van der Waals surface area (Å²) in [6, 6.07) is 0. The smallest absolute Gasteiger partial charge is 0.394 e. The first kappa shape index (κ1) is 44.7. The van der Waals surface area contributed by atoms with E-state index in [4.69, 9.17) is 42.3 Å². The van der Waals surface area contributed by atoms with Gasteiger partial charge >= 0.3 is 20.8 Å². The van der Waals surface area contributed by atoms with Crippen LogP contribution in [0.1, 0.15) is 0 Å². The molecule has 0 aromatic rings. The van der Waals surface area contributed by atoms with Gasteiger partial charge in [0.15, 0.2) is 25.2 Å². The summed E-state index contributed by atoms with van der Waals surface area (Å²) in [5.41, 5.74) is 0. The van der Waals surface area contributed by atoms with Crippen molar-refractivity contribution < 1.29 is 129 Å². The van der Waals surface area contributed by atoms with Crippen molar-refractivity contribution in [3.63, 3.8) is 0 Å². The number of hydrogen-bond acceptors (Lipinski definition) is 25. The van der Waals surface area contributed by atoms with Crippen LogP contribution in [0.5, 0.6) is 0 Å². The maximum Gasteiger partial charge on any atom is 0.397 e. The molecule has 0 radical (unpaired) electrons. The maximum absolute atomic E-state index is 11.4. The molecule has 27 nitrogen and oxygen atoms in total. The molecule has 0 saturated carbocycles. The van der Waals surface area contributed by atoms with Crippen molar-refractivity contribution in [2.45, 2.75) is 123 Å². The molecule has 0 unspecified atom stereocenters. The van der Waals surface area contributed by atoms with Crippen LogP contribution in [-0.4, -0.2) is 236 Å². The van der Waals surface area contributed by atoms with E-state index in [1.54, 1.807) is 0 Å². The minimum Gasteiger partial charge on any atom is -0.394 e. The summed E-state index contributed by atoms with van der Waals surface area (Å²) in [5.74, 6) is 0. The Morgan fingerprint density at radius 2 is 0.811 bits per heavy atom. The van der Waals surface area contributed by atoms with E-state index < -0.39 is 170 Å². The summed E-state index contributed by atoms with van der Waals surface area (Å²) in [6.07, 6.45) is -40.7. The quantitative estimate of drug-likeness (QED) is 0.0723. The largest absolute Gasteiger partial charge is 0.397 e. The topological polar surface area (TPSA) is 435 Å². The SMILES string of the molecule is O=S(=O)(O)OC[C@@H]1O[C@@H](O[C@H]2[C@@H](O)[C@@H](CO)O[C@@H](O[C@H]3[C@@H](O)[C@H](O)[C@H](O[C@@H]4[C@@H](O)[C@@H](O)O[C@H](CO)[C@@H]4O)O[C@H]3COS(=O)(=O)O)[C@@H]2O)[C@@H](O)[C@H](O)[C@@H]1O. The molecule has 53 heavy (non-hydrogen) atoms.